The minimum Gasteiger partial charge on any atom is -0.489 e. The molecule has 1 aliphatic carbocycles. The maximum atomic E-state index is 15.0. The molecule has 0 atom stereocenters. The highest BCUT2D eigenvalue weighted by Crippen LogP contribution is 2.42. The van der Waals surface area contributed by atoms with Gasteiger partial charge in [0.2, 0.25) is 0 Å². The zero-order valence-electron chi connectivity index (χ0n) is 63.2. The van der Waals surface area contributed by atoms with Crippen molar-refractivity contribution < 1.29 is 105 Å². The summed E-state index contributed by atoms with van der Waals surface area (Å²) in [6.45, 7) is 16.1. The summed E-state index contributed by atoms with van der Waals surface area (Å²) in [6.07, 6.45) is 11.0. The normalized spacial score (nSPS) is 11.5. The first-order chi connectivity index (χ1) is 50.7. The van der Waals surface area contributed by atoms with Gasteiger partial charge in [-0.1, -0.05) is 111 Å². The lowest BCUT2D eigenvalue weighted by molar-refractivity contribution is -0.156. The molecule has 0 amide bonds. The first kappa shape index (κ1) is 86.4. The average Bonchev–Trinajstić information content (AvgIpc) is 0.770. The molecule has 0 fully saturated rings. The Balaban J connectivity index is 2.02. The number of Topliss-reactive ketones (excluding diaryl/α,β-unsaturated/α-hetero) is 4. The van der Waals surface area contributed by atoms with E-state index in [1.807, 2.05) is 0 Å². The van der Waals surface area contributed by atoms with Gasteiger partial charge in [-0.05, 0) is 146 Å². The number of esters is 7. The Morgan fingerprint density at radius 1 is 0.286 bits per heavy atom. The van der Waals surface area contributed by atoms with Crippen molar-refractivity contribution in [3.8, 4) is 23.0 Å². The molecule has 0 radical (unpaired) electrons. The molecule has 22 heteroatoms. The second kappa shape index (κ2) is 48.0. The monoisotopic (exact) mass is 1460 g/mol. The molecule has 1 aliphatic rings. The molecule has 22 nitrogen and oxygen atoms in total. The van der Waals surface area contributed by atoms with Gasteiger partial charge in [-0.3, -0.25) is 47.9 Å². The van der Waals surface area contributed by atoms with Crippen LogP contribution in [0.1, 0.15) is 289 Å². The van der Waals surface area contributed by atoms with Crippen molar-refractivity contribution in [2.24, 2.45) is 0 Å². The summed E-state index contributed by atoms with van der Waals surface area (Å²) < 4.78 is 64.7. The summed E-state index contributed by atoms with van der Waals surface area (Å²) in [5, 5.41) is 0. The first-order valence-corrected chi connectivity index (χ1v) is 37.7. The van der Waals surface area contributed by atoms with Crippen molar-refractivity contribution in [2.75, 3.05) is 72.7 Å². The van der Waals surface area contributed by atoms with Crippen LogP contribution in [0.25, 0.3) is 0 Å². The Bertz CT molecular complexity index is 3430. The number of fused-ring (bicyclic) bond motifs is 8. The van der Waals surface area contributed by atoms with E-state index < -0.39 is 61.0 Å². The summed E-state index contributed by atoms with van der Waals surface area (Å²) in [4.78, 5) is 149. The molecule has 4 aromatic carbocycles. The molecule has 4 aromatic rings. The van der Waals surface area contributed by atoms with E-state index >= 15 is 0 Å². The van der Waals surface area contributed by atoms with Crippen LogP contribution < -0.4 is 18.9 Å². The van der Waals surface area contributed by atoms with Gasteiger partial charge in [0.25, 0.3) is 0 Å². The molecule has 0 aliphatic heterocycles. The summed E-state index contributed by atoms with van der Waals surface area (Å²) in [5.74, 6) is -5.48. The predicted octanol–water partition coefficient (Wildman–Crippen LogP) is 15.1. The number of benzene rings is 4. The van der Waals surface area contributed by atoms with Crippen molar-refractivity contribution in [3.05, 3.63) is 127 Å². The first-order valence-electron chi connectivity index (χ1n) is 37.7. The number of carbonyl (C=O) groups excluding carboxylic acids is 11. The number of hydrogen-bond acceptors (Lipinski definition) is 22. The van der Waals surface area contributed by atoms with Crippen molar-refractivity contribution in [3.63, 3.8) is 0 Å². The van der Waals surface area contributed by atoms with E-state index in [1.54, 1.807) is 69.3 Å². The Morgan fingerprint density at radius 3 is 0.695 bits per heavy atom. The van der Waals surface area contributed by atoms with E-state index in [9.17, 15) is 52.7 Å². The fourth-order valence-corrected chi connectivity index (χ4v) is 12.1. The average molecular weight is 1460 g/mol. The molecule has 0 unspecified atom stereocenters. The van der Waals surface area contributed by atoms with Gasteiger partial charge >= 0.3 is 41.8 Å². The highest BCUT2D eigenvalue weighted by Gasteiger charge is 2.29. The van der Waals surface area contributed by atoms with Gasteiger partial charge in [0.05, 0.1) is 19.8 Å². The van der Waals surface area contributed by atoms with Crippen LogP contribution in [-0.4, -0.2) is 138 Å². The highest BCUT2D eigenvalue weighted by molar-refractivity contribution is 6.00. The summed E-state index contributed by atoms with van der Waals surface area (Å²) in [5.41, 5.74) is 4.61. The largest absolute Gasteiger partial charge is 0.489 e. The zero-order chi connectivity index (χ0) is 76.5. The number of unbranched alkanes of at least 4 members (excludes halogenated alkanes) is 12. The molecular weight excluding hydrogens is 1350 g/mol. The van der Waals surface area contributed by atoms with Crippen LogP contribution in [0.15, 0.2) is 60.7 Å². The SMILES string of the molecule is C=C(C)C(=O)OCCOc1c2cc(C(=O)CCCCCC)cc1Cc1cc(C(=O)CCCCCC)cc(c1OCCOC(=O)CC(=O)OCC)Cc1cc(C(=O)CCCCCC)cc(c1OCCOC(=O)CC(=O)OCC)Cc1cc(C(=O)CCCCCC)cc(c1OCCOC(=O)CC(=O)OCC)C2. The summed E-state index contributed by atoms with van der Waals surface area (Å²) in [7, 11) is 0. The smallest absolute Gasteiger partial charge is 0.333 e. The summed E-state index contributed by atoms with van der Waals surface area (Å²) >= 11 is 0. The molecule has 0 saturated heterocycles. The van der Waals surface area contributed by atoms with E-state index in [0.717, 1.165) is 77.0 Å². The summed E-state index contributed by atoms with van der Waals surface area (Å²) in [6, 6.07) is 13.8. The standard InChI is InChI=1S/C83H110O22/c1-10-17-21-25-29-69(84)57-41-61-49-63-43-58(70(85)30-26-22-18-11-2)45-65(80(63)102-37-34-99-77(92)54-74(89)96-15-6)51-67-47-60(72(87)32-28-24-20-13-4)48-68(82(67)104-39-40-105-83(94)56(8)9)52-66-46-59(71(86)31-27-23-19-12-3)44-64(81(66)103-38-35-100-78(93)55-75(90)97-16-7)50-62(42-57)79(61)101-36-33-98-76(91)53-73(88)95-14-5/h41-48H,8,10-40,49-55H2,1-7,9H3. The number of carbonyl (C=O) groups is 11. The molecule has 8 bridgehead atoms. The Hall–Kier alpha value is -9.21. The van der Waals surface area contributed by atoms with Crippen LogP contribution in [0.4, 0.5) is 0 Å². The van der Waals surface area contributed by atoms with Gasteiger partial charge in [-0.2, -0.15) is 0 Å². The topological polar surface area (TPSA) is 289 Å². The third-order valence-corrected chi connectivity index (χ3v) is 17.3. The van der Waals surface area contributed by atoms with Crippen LogP contribution >= 0.6 is 0 Å². The van der Waals surface area contributed by atoms with Crippen LogP contribution in [0, 0.1) is 0 Å². The maximum Gasteiger partial charge on any atom is 0.333 e. The van der Waals surface area contributed by atoms with Gasteiger partial charge in [-0.25, -0.2) is 4.79 Å². The number of hydrogen-bond donors (Lipinski definition) is 0. The van der Waals surface area contributed by atoms with Crippen molar-refractivity contribution >= 4 is 64.9 Å². The van der Waals surface area contributed by atoms with Gasteiger partial charge < -0.3 is 52.1 Å². The molecule has 5 rings (SSSR count). The zero-order valence-corrected chi connectivity index (χ0v) is 63.2. The maximum absolute atomic E-state index is 15.0. The van der Waals surface area contributed by atoms with Crippen LogP contribution in [-0.2, 0) is 92.4 Å². The lowest BCUT2D eigenvalue weighted by Crippen LogP contribution is -2.19. The van der Waals surface area contributed by atoms with Crippen molar-refractivity contribution in [2.45, 2.75) is 229 Å². The lowest BCUT2D eigenvalue weighted by atomic mass is 9.86. The van der Waals surface area contributed by atoms with E-state index in [1.165, 1.54) is 6.92 Å². The van der Waals surface area contributed by atoms with E-state index in [0.29, 0.717) is 92.4 Å². The third-order valence-electron chi connectivity index (χ3n) is 17.3. The predicted molar refractivity (Wildman–Crippen MR) is 394 cm³/mol. The van der Waals surface area contributed by atoms with Crippen LogP contribution in [0.2, 0.25) is 0 Å². The van der Waals surface area contributed by atoms with Crippen LogP contribution in [0.5, 0.6) is 23.0 Å². The van der Waals surface area contributed by atoms with Crippen molar-refractivity contribution in [1.82, 2.24) is 0 Å². The quantitative estimate of drug-likeness (QED) is 0.00872. The Kier molecular flexibility index (Phi) is 39.5. The van der Waals surface area contributed by atoms with Gasteiger partial charge in [-0.15, -0.1) is 0 Å². The molecule has 0 N–H and O–H groups in total. The number of ketones is 4. The third kappa shape index (κ3) is 30.4. The molecule has 0 heterocycles. The van der Waals surface area contributed by atoms with E-state index in [4.69, 9.17) is 52.1 Å². The fourth-order valence-electron chi connectivity index (χ4n) is 12.1. The second-order valence-electron chi connectivity index (χ2n) is 26.1. The number of ether oxygens (including phenoxy) is 11. The molecule has 0 aromatic heterocycles. The Morgan fingerprint density at radius 2 is 0.495 bits per heavy atom. The second-order valence-corrected chi connectivity index (χ2v) is 26.1. The molecule has 0 saturated carbocycles. The minimum absolute atomic E-state index is 0.0432. The minimum atomic E-state index is -0.870. The molecule has 574 valence electrons. The van der Waals surface area contributed by atoms with E-state index in [-0.39, 0.29) is 176 Å². The van der Waals surface area contributed by atoms with Gasteiger partial charge in [0, 0.05) is 79.2 Å². The van der Waals surface area contributed by atoms with E-state index in [2.05, 4.69) is 34.3 Å². The Labute approximate surface area is 618 Å². The fraction of sp³-hybridized carbons (Fsp3) is 0.554. The number of rotatable bonds is 50. The lowest BCUT2D eigenvalue weighted by Gasteiger charge is -2.25. The van der Waals surface area contributed by atoms with Gasteiger partial charge in [0.15, 0.2) is 23.1 Å². The molecule has 105 heavy (non-hydrogen) atoms. The van der Waals surface area contributed by atoms with Gasteiger partial charge in [0.1, 0.15) is 95.1 Å². The van der Waals surface area contributed by atoms with Crippen molar-refractivity contribution in [1.29, 1.82) is 0 Å². The highest BCUT2D eigenvalue weighted by atomic mass is 16.6. The molecular formula is C83H110O22. The van der Waals surface area contributed by atoms with Crippen LogP contribution in [0.3, 0.4) is 0 Å². The molecule has 0 spiro atoms.